The van der Waals surface area contributed by atoms with Gasteiger partial charge in [-0.3, -0.25) is 9.59 Å². The van der Waals surface area contributed by atoms with Gasteiger partial charge in [-0.1, -0.05) is 48.0 Å². The molecule has 0 fully saturated rings. The molecule has 9 heteroatoms. The number of primary amides is 1. The first-order valence-corrected chi connectivity index (χ1v) is 11.4. The summed E-state index contributed by atoms with van der Waals surface area (Å²) in [7, 11) is 1.53. The van der Waals surface area contributed by atoms with E-state index in [1.165, 1.54) is 12.0 Å². The minimum absolute atomic E-state index is 0.261. The molecule has 1 aliphatic rings. The van der Waals surface area contributed by atoms with E-state index in [1.807, 2.05) is 30.3 Å². The van der Waals surface area contributed by atoms with Crippen molar-refractivity contribution in [3.8, 4) is 5.75 Å². The molecule has 0 aromatic heterocycles. The summed E-state index contributed by atoms with van der Waals surface area (Å²) in [5, 5.41) is 6.07. The van der Waals surface area contributed by atoms with Crippen molar-refractivity contribution in [3.05, 3.63) is 88.9 Å². The van der Waals surface area contributed by atoms with Gasteiger partial charge in [0, 0.05) is 28.4 Å². The van der Waals surface area contributed by atoms with E-state index in [4.69, 9.17) is 22.1 Å². The first-order chi connectivity index (χ1) is 16.9. The molecule has 35 heavy (non-hydrogen) atoms. The van der Waals surface area contributed by atoms with Crippen LogP contribution in [0.5, 0.6) is 5.75 Å². The number of halogens is 1. The molecule has 3 aromatic rings. The average molecular weight is 493 g/mol. The third-order valence-corrected chi connectivity index (χ3v) is 6.07. The number of urea groups is 1. The molecule has 1 aliphatic heterocycles. The molecule has 1 heterocycles. The molecule has 180 valence electrons. The Bertz CT molecular complexity index is 1270. The summed E-state index contributed by atoms with van der Waals surface area (Å²) in [5.41, 5.74) is 8.27. The summed E-state index contributed by atoms with van der Waals surface area (Å²) in [6.45, 7) is -0.312. The van der Waals surface area contributed by atoms with Crippen molar-refractivity contribution in [3.63, 3.8) is 0 Å². The van der Waals surface area contributed by atoms with E-state index in [0.717, 1.165) is 11.1 Å². The second kappa shape index (κ2) is 10.5. The van der Waals surface area contributed by atoms with Crippen molar-refractivity contribution in [2.24, 2.45) is 5.73 Å². The summed E-state index contributed by atoms with van der Waals surface area (Å²) in [5.74, 6) is -0.776. The highest BCUT2D eigenvalue weighted by molar-refractivity contribution is 6.30. The quantitative estimate of drug-likeness (QED) is 0.484. The van der Waals surface area contributed by atoms with Gasteiger partial charge >= 0.3 is 6.03 Å². The van der Waals surface area contributed by atoms with Gasteiger partial charge in [0.2, 0.25) is 11.8 Å². The summed E-state index contributed by atoms with van der Waals surface area (Å²) in [6.07, 6.45) is 0.261. The lowest BCUT2D eigenvalue weighted by Gasteiger charge is -2.25. The first kappa shape index (κ1) is 24.1. The number of hydrogen-bond acceptors (Lipinski definition) is 4. The third kappa shape index (κ3) is 5.55. The fraction of sp³-hybridized carbons (Fsp3) is 0.192. The highest BCUT2D eigenvalue weighted by Gasteiger charge is 2.37. The molecule has 4 N–H and O–H groups in total. The van der Waals surface area contributed by atoms with Gasteiger partial charge in [-0.2, -0.15) is 0 Å². The van der Waals surface area contributed by atoms with Gasteiger partial charge in [0.1, 0.15) is 18.3 Å². The average Bonchev–Trinajstić information content (AvgIpc) is 2.94. The lowest BCUT2D eigenvalue weighted by atomic mass is 9.86. The normalized spacial score (nSPS) is 17.2. The molecule has 2 unspecified atom stereocenters. The Morgan fingerprint density at radius 1 is 1.09 bits per heavy atom. The van der Waals surface area contributed by atoms with Crippen LogP contribution in [-0.4, -0.2) is 37.5 Å². The van der Waals surface area contributed by atoms with Crippen molar-refractivity contribution in [2.75, 3.05) is 23.9 Å². The van der Waals surface area contributed by atoms with E-state index in [2.05, 4.69) is 10.6 Å². The van der Waals surface area contributed by atoms with E-state index in [1.54, 1.807) is 42.5 Å². The molecule has 3 aromatic carbocycles. The second-order valence-electron chi connectivity index (χ2n) is 8.18. The number of anilines is 2. The van der Waals surface area contributed by atoms with E-state index in [0.29, 0.717) is 22.1 Å². The number of carbonyl (C=O) groups excluding carboxylic acids is 3. The largest absolute Gasteiger partial charge is 0.497 e. The number of methoxy groups -OCH3 is 1. The Kier molecular flexibility index (Phi) is 7.22. The molecular formula is C26H25ClN4O4. The number of nitrogens with two attached hydrogens (primary N) is 1. The Balaban J connectivity index is 1.69. The molecule has 4 rings (SSSR count). The van der Waals surface area contributed by atoms with Crippen LogP contribution >= 0.6 is 11.6 Å². The number of amides is 4. The number of nitrogens with zero attached hydrogens (tertiary/aromatic N) is 1. The molecule has 0 radical (unpaired) electrons. The van der Waals surface area contributed by atoms with Crippen molar-refractivity contribution >= 4 is 40.8 Å². The zero-order valence-electron chi connectivity index (χ0n) is 19.0. The van der Waals surface area contributed by atoms with Crippen molar-refractivity contribution in [2.45, 2.75) is 18.4 Å². The van der Waals surface area contributed by atoms with Crippen LogP contribution in [0.4, 0.5) is 16.2 Å². The minimum atomic E-state index is -0.934. The minimum Gasteiger partial charge on any atom is -0.497 e. The Hall–Kier alpha value is -4.04. The van der Waals surface area contributed by atoms with Crippen LogP contribution in [0.25, 0.3) is 0 Å². The van der Waals surface area contributed by atoms with Crippen molar-refractivity contribution in [1.82, 2.24) is 5.32 Å². The monoisotopic (exact) mass is 492 g/mol. The fourth-order valence-electron chi connectivity index (χ4n) is 4.30. The molecule has 0 saturated heterocycles. The second-order valence-corrected chi connectivity index (χ2v) is 8.61. The lowest BCUT2D eigenvalue weighted by molar-refractivity contribution is -0.123. The summed E-state index contributed by atoms with van der Waals surface area (Å²) >= 11 is 6.27. The van der Waals surface area contributed by atoms with Crippen molar-refractivity contribution in [1.29, 1.82) is 0 Å². The predicted molar refractivity (Wildman–Crippen MR) is 135 cm³/mol. The number of ether oxygens (including phenoxy) is 1. The molecule has 4 amide bonds. The van der Waals surface area contributed by atoms with Crippen LogP contribution in [0, 0.1) is 0 Å². The third-order valence-electron chi connectivity index (χ3n) is 5.84. The number of carbonyl (C=O) groups is 3. The Morgan fingerprint density at radius 3 is 2.60 bits per heavy atom. The fourth-order valence-corrected chi connectivity index (χ4v) is 4.50. The molecule has 0 saturated carbocycles. The summed E-state index contributed by atoms with van der Waals surface area (Å²) < 4.78 is 5.19. The zero-order valence-corrected chi connectivity index (χ0v) is 19.8. The van der Waals surface area contributed by atoms with E-state index >= 15 is 0 Å². The van der Waals surface area contributed by atoms with E-state index in [9.17, 15) is 14.4 Å². The van der Waals surface area contributed by atoms with Gasteiger partial charge in [0.15, 0.2) is 0 Å². The molecule has 0 aliphatic carbocycles. The van der Waals surface area contributed by atoms with Gasteiger partial charge in [-0.05, 0) is 47.9 Å². The lowest BCUT2D eigenvalue weighted by Crippen LogP contribution is -2.51. The van der Waals surface area contributed by atoms with Crippen LogP contribution in [0.1, 0.15) is 23.5 Å². The van der Waals surface area contributed by atoms with Crippen LogP contribution < -0.4 is 26.0 Å². The van der Waals surface area contributed by atoms with Gasteiger partial charge in [-0.15, -0.1) is 0 Å². The highest BCUT2D eigenvalue weighted by atomic mass is 35.5. The van der Waals surface area contributed by atoms with Crippen LogP contribution in [0.15, 0.2) is 72.8 Å². The standard InChI is InChI=1S/C26H25ClN4O4/c1-35-19-9-5-8-18(13-19)29-26(34)30-22-14-21(16-6-4-7-17(27)12-16)20-10-2-3-11-23(20)31(25(22)33)15-24(28)32/h2-13,21-22H,14-15H2,1H3,(H2,28,32)(H2,29,30,34). The van der Waals surface area contributed by atoms with Crippen molar-refractivity contribution < 1.29 is 19.1 Å². The molecule has 0 bridgehead atoms. The first-order valence-electron chi connectivity index (χ1n) is 11.0. The molecule has 2 atom stereocenters. The van der Waals surface area contributed by atoms with Crippen LogP contribution in [0.3, 0.4) is 0 Å². The Labute approximate surface area is 208 Å². The van der Waals surface area contributed by atoms with Gasteiger partial charge in [-0.25, -0.2) is 4.79 Å². The summed E-state index contributed by atoms with van der Waals surface area (Å²) in [6, 6.07) is 20.1. The van der Waals surface area contributed by atoms with Crippen LogP contribution in [0.2, 0.25) is 5.02 Å². The number of rotatable bonds is 6. The number of para-hydroxylation sites is 1. The van der Waals surface area contributed by atoms with Gasteiger partial charge in [0.25, 0.3) is 0 Å². The maximum atomic E-state index is 13.6. The Morgan fingerprint density at radius 2 is 1.86 bits per heavy atom. The van der Waals surface area contributed by atoms with E-state index in [-0.39, 0.29) is 18.9 Å². The smallest absolute Gasteiger partial charge is 0.319 e. The summed E-state index contributed by atoms with van der Waals surface area (Å²) in [4.78, 5) is 39.7. The van der Waals surface area contributed by atoms with Crippen LogP contribution in [-0.2, 0) is 9.59 Å². The number of hydrogen-bond donors (Lipinski definition) is 3. The molecule has 8 nitrogen and oxygen atoms in total. The predicted octanol–water partition coefficient (Wildman–Crippen LogP) is 3.89. The number of benzene rings is 3. The highest BCUT2D eigenvalue weighted by Crippen LogP contribution is 2.39. The van der Waals surface area contributed by atoms with Gasteiger partial charge in [0.05, 0.1) is 7.11 Å². The number of nitrogens with one attached hydrogen (secondary N) is 2. The topological polar surface area (TPSA) is 114 Å². The van der Waals surface area contributed by atoms with Gasteiger partial charge < -0.3 is 26.0 Å². The molecule has 0 spiro atoms. The SMILES string of the molecule is COc1cccc(NC(=O)NC2CC(c3cccc(Cl)c3)c3ccccc3N(CC(N)=O)C2=O)c1. The maximum absolute atomic E-state index is 13.6. The zero-order chi connectivity index (χ0) is 24.9. The maximum Gasteiger partial charge on any atom is 0.319 e. The molecular weight excluding hydrogens is 468 g/mol. The van der Waals surface area contributed by atoms with E-state index < -0.39 is 23.9 Å². The number of fused-ring (bicyclic) bond motifs is 1.